The van der Waals surface area contributed by atoms with E-state index in [1.165, 1.54) is 27.6 Å². The van der Waals surface area contributed by atoms with E-state index in [1.807, 2.05) is 0 Å². The summed E-state index contributed by atoms with van der Waals surface area (Å²) in [7, 11) is 4.21. The maximum Gasteiger partial charge on any atom is 0.0323 e. The summed E-state index contributed by atoms with van der Waals surface area (Å²) in [5.41, 5.74) is 4.11. The van der Waals surface area contributed by atoms with Crippen molar-refractivity contribution in [3.8, 4) is 0 Å². The van der Waals surface area contributed by atoms with Crippen molar-refractivity contribution in [3.63, 3.8) is 0 Å². The van der Waals surface area contributed by atoms with Crippen molar-refractivity contribution in [2.24, 2.45) is 0 Å². The number of allylic oxidation sites excluding steroid dienone is 3. The molecule has 0 fully saturated rings. The molecule has 0 unspecified atom stereocenters. The Morgan fingerprint density at radius 3 is 2.53 bits per heavy atom. The van der Waals surface area contributed by atoms with E-state index in [4.69, 9.17) is 0 Å². The van der Waals surface area contributed by atoms with Crippen LogP contribution in [0.1, 0.15) is 18.4 Å². The number of benzene rings is 2. The first kappa shape index (κ1) is 12.0. The summed E-state index contributed by atoms with van der Waals surface area (Å²) in [6, 6.07) is 15.3. The Hall–Kier alpha value is -2.02. The molecule has 1 heteroatoms. The molecule has 1 aliphatic rings. The van der Waals surface area contributed by atoms with E-state index < -0.39 is 0 Å². The molecule has 3 rings (SSSR count). The average Bonchev–Trinajstić information content (AvgIpc) is 2.47. The summed E-state index contributed by atoms with van der Waals surface area (Å²) in [6.07, 6.45) is 6.89. The Morgan fingerprint density at radius 2 is 1.74 bits per heavy atom. The maximum atomic E-state index is 2.31. The molecule has 2 aromatic rings. The summed E-state index contributed by atoms with van der Waals surface area (Å²) in [5.74, 6) is 0. The van der Waals surface area contributed by atoms with Crippen LogP contribution in [0.2, 0.25) is 0 Å². The van der Waals surface area contributed by atoms with Gasteiger partial charge in [0.15, 0.2) is 0 Å². The van der Waals surface area contributed by atoms with Gasteiger partial charge in [-0.05, 0) is 46.9 Å². The van der Waals surface area contributed by atoms with Crippen LogP contribution >= 0.6 is 0 Å². The topological polar surface area (TPSA) is 3.24 Å². The lowest BCUT2D eigenvalue weighted by Crippen LogP contribution is -2.11. The van der Waals surface area contributed by atoms with Crippen molar-refractivity contribution in [1.82, 2.24) is 4.90 Å². The second-order valence-electron chi connectivity index (χ2n) is 5.29. The van der Waals surface area contributed by atoms with E-state index in [0.717, 1.165) is 12.8 Å². The van der Waals surface area contributed by atoms with Gasteiger partial charge in [0.2, 0.25) is 0 Å². The molecule has 0 bridgehead atoms. The van der Waals surface area contributed by atoms with Gasteiger partial charge in [0.1, 0.15) is 0 Å². The van der Waals surface area contributed by atoms with Gasteiger partial charge in [-0.2, -0.15) is 0 Å². The lowest BCUT2D eigenvalue weighted by molar-refractivity contribution is 0.524. The van der Waals surface area contributed by atoms with E-state index >= 15 is 0 Å². The second kappa shape index (κ2) is 4.93. The Kier molecular flexibility index (Phi) is 3.12. The van der Waals surface area contributed by atoms with Crippen LogP contribution in [0.4, 0.5) is 0 Å². The van der Waals surface area contributed by atoms with Gasteiger partial charge < -0.3 is 4.90 Å². The molecule has 19 heavy (non-hydrogen) atoms. The third-order valence-corrected chi connectivity index (χ3v) is 3.73. The van der Waals surface area contributed by atoms with E-state index in [0.29, 0.717) is 0 Å². The molecule has 0 aromatic heterocycles. The zero-order chi connectivity index (χ0) is 13.2. The SMILES string of the molecule is CN(C)C1=CCCC(c2ccc3ccccc3c2)=C1. The number of hydrogen-bond donors (Lipinski definition) is 0. The van der Waals surface area contributed by atoms with Crippen molar-refractivity contribution in [1.29, 1.82) is 0 Å². The first-order valence-electron chi connectivity index (χ1n) is 6.81. The van der Waals surface area contributed by atoms with Crippen LogP contribution in [-0.2, 0) is 0 Å². The predicted octanol–water partition coefficient (Wildman–Crippen LogP) is 4.46. The van der Waals surface area contributed by atoms with Gasteiger partial charge in [-0.3, -0.25) is 0 Å². The molecule has 0 aliphatic heterocycles. The third-order valence-electron chi connectivity index (χ3n) is 3.73. The molecule has 0 heterocycles. The number of hydrogen-bond acceptors (Lipinski definition) is 1. The minimum Gasteiger partial charge on any atom is -0.378 e. The van der Waals surface area contributed by atoms with Gasteiger partial charge in [0, 0.05) is 19.8 Å². The van der Waals surface area contributed by atoms with E-state index in [-0.39, 0.29) is 0 Å². The van der Waals surface area contributed by atoms with Gasteiger partial charge >= 0.3 is 0 Å². The van der Waals surface area contributed by atoms with Gasteiger partial charge in [-0.25, -0.2) is 0 Å². The van der Waals surface area contributed by atoms with Crippen LogP contribution in [0.5, 0.6) is 0 Å². The predicted molar refractivity (Wildman–Crippen MR) is 82.9 cm³/mol. The van der Waals surface area contributed by atoms with Crippen LogP contribution in [0, 0.1) is 0 Å². The molecule has 1 aliphatic carbocycles. The highest BCUT2D eigenvalue weighted by atomic mass is 15.1. The first-order valence-corrected chi connectivity index (χ1v) is 6.81. The summed E-state index contributed by atoms with van der Waals surface area (Å²) in [6.45, 7) is 0. The van der Waals surface area contributed by atoms with Gasteiger partial charge in [-0.15, -0.1) is 0 Å². The fourth-order valence-corrected chi connectivity index (χ4v) is 2.61. The standard InChI is InChI=1S/C18H19N/c1-19(2)18-9-5-8-16(13-18)17-11-10-14-6-3-4-7-15(14)12-17/h3-4,6-7,9-13H,5,8H2,1-2H3. The Labute approximate surface area is 114 Å². The van der Waals surface area contributed by atoms with Crippen molar-refractivity contribution in [2.75, 3.05) is 14.1 Å². The number of nitrogens with zero attached hydrogens (tertiary/aromatic N) is 1. The van der Waals surface area contributed by atoms with Gasteiger partial charge in [0.05, 0.1) is 0 Å². The van der Waals surface area contributed by atoms with Crippen LogP contribution < -0.4 is 0 Å². The average molecular weight is 249 g/mol. The van der Waals surface area contributed by atoms with E-state index in [1.54, 1.807) is 0 Å². The highest BCUT2D eigenvalue weighted by molar-refractivity contribution is 5.86. The number of fused-ring (bicyclic) bond motifs is 1. The third kappa shape index (κ3) is 2.41. The summed E-state index contributed by atoms with van der Waals surface area (Å²) >= 11 is 0. The molecule has 96 valence electrons. The molecule has 0 N–H and O–H groups in total. The molecule has 0 amide bonds. The van der Waals surface area contributed by atoms with Crippen LogP contribution in [0.15, 0.2) is 60.3 Å². The van der Waals surface area contributed by atoms with E-state index in [9.17, 15) is 0 Å². The van der Waals surface area contributed by atoms with Crippen LogP contribution in [-0.4, -0.2) is 19.0 Å². The normalized spacial score (nSPS) is 15.1. The summed E-state index contributed by atoms with van der Waals surface area (Å²) in [4.78, 5) is 2.18. The highest BCUT2D eigenvalue weighted by Crippen LogP contribution is 2.29. The lowest BCUT2D eigenvalue weighted by atomic mass is 9.94. The van der Waals surface area contributed by atoms with Crippen molar-refractivity contribution < 1.29 is 0 Å². The van der Waals surface area contributed by atoms with Crippen molar-refractivity contribution in [3.05, 3.63) is 65.9 Å². The summed E-state index contributed by atoms with van der Waals surface area (Å²) < 4.78 is 0. The molecule has 0 saturated carbocycles. The highest BCUT2D eigenvalue weighted by Gasteiger charge is 2.09. The minimum absolute atomic E-state index is 1.13. The molecular weight excluding hydrogens is 230 g/mol. The molecule has 0 saturated heterocycles. The Balaban J connectivity index is 2.02. The fraction of sp³-hybridized carbons (Fsp3) is 0.222. The molecule has 0 atom stereocenters. The smallest absolute Gasteiger partial charge is 0.0323 e. The van der Waals surface area contributed by atoms with Crippen molar-refractivity contribution in [2.45, 2.75) is 12.8 Å². The quantitative estimate of drug-likeness (QED) is 0.759. The van der Waals surface area contributed by atoms with Gasteiger partial charge in [0.25, 0.3) is 0 Å². The van der Waals surface area contributed by atoms with Crippen LogP contribution in [0.3, 0.4) is 0 Å². The molecule has 1 nitrogen and oxygen atoms in total. The molecular formula is C18H19N. The lowest BCUT2D eigenvalue weighted by Gasteiger charge is -2.20. The zero-order valence-corrected chi connectivity index (χ0v) is 11.6. The summed E-state index contributed by atoms with van der Waals surface area (Å²) in [5, 5.41) is 2.63. The number of likely N-dealkylation sites (N-methyl/N-ethyl adjacent to an activating group) is 1. The Bertz CT molecular complexity index is 662. The van der Waals surface area contributed by atoms with Gasteiger partial charge in [-0.1, -0.05) is 42.5 Å². The molecule has 0 radical (unpaired) electrons. The molecule has 2 aromatic carbocycles. The van der Waals surface area contributed by atoms with Crippen LogP contribution in [0.25, 0.3) is 16.3 Å². The zero-order valence-electron chi connectivity index (χ0n) is 11.6. The second-order valence-corrected chi connectivity index (χ2v) is 5.29. The maximum absolute atomic E-state index is 2.31. The first-order chi connectivity index (χ1) is 9.24. The monoisotopic (exact) mass is 249 g/mol. The molecule has 0 spiro atoms. The largest absolute Gasteiger partial charge is 0.378 e. The minimum atomic E-state index is 1.13. The Morgan fingerprint density at radius 1 is 0.947 bits per heavy atom. The number of rotatable bonds is 2. The van der Waals surface area contributed by atoms with Crippen molar-refractivity contribution >= 4 is 16.3 Å². The van der Waals surface area contributed by atoms with E-state index in [2.05, 4.69) is 73.6 Å². The fourth-order valence-electron chi connectivity index (χ4n) is 2.61.